The van der Waals surface area contributed by atoms with E-state index >= 15 is 0 Å². The fourth-order valence-corrected chi connectivity index (χ4v) is 4.18. The molecule has 29 heavy (non-hydrogen) atoms. The molecule has 4 rings (SSSR count). The smallest absolute Gasteiger partial charge is 0.251 e. The Morgan fingerprint density at radius 2 is 1.72 bits per heavy atom. The van der Waals surface area contributed by atoms with Gasteiger partial charge < -0.3 is 9.64 Å². The molecule has 2 fully saturated rings. The molecule has 2 heterocycles. The van der Waals surface area contributed by atoms with Crippen LogP contribution in [0, 0.1) is 0 Å². The van der Waals surface area contributed by atoms with Crippen molar-refractivity contribution in [3.05, 3.63) is 53.6 Å². The summed E-state index contributed by atoms with van der Waals surface area (Å²) in [5.74, 6) is 0.431. The van der Waals surface area contributed by atoms with Crippen molar-refractivity contribution in [2.75, 3.05) is 42.6 Å². The minimum Gasteiger partial charge on any atom is -0.494 e. The molecule has 0 aliphatic carbocycles. The summed E-state index contributed by atoms with van der Waals surface area (Å²) in [5, 5.41) is 0.715. The number of carbonyl (C=O) groups is 2. The molecule has 1 atom stereocenters. The third kappa shape index (κ3) is 4.09. The fraction of sp³-hybridized carbons (Fsp3) is 0.364. The number of hydrogen-bond donors (Lipinski definition) is 0. The van der Waals surface area contributed by atoms with Gasteiger partial charge in [-0.25, -0.2) is 4.90 Å². The average Bonchev–Trinajstić information content (AvgIpc) is 3.03. The van der Waals surface area contributed by atoms with Gasteiger partial charge in [-0.1, -0.05) is 17.7 Å². The molecular weight excluding hydrogens is 390 g/mol. The first kappa shape index (κ1) is 19.7. The molecule has 7 heteroatoms. The van der Waals surface area contributed by atoms with Crippen LogP contribution in [0.1, 0.15) is 13.3 Å². The van der Waals surface area contributed by atoms with Crippen molar-refractivity contribution in [1.82, 2.24) is 4.90 Å². The third-order valence-electron chi connectivity index (χ3n) is 5.46. The van der Waals surface area contributed by atoms with Crippen molar-refractivity contribution >= 4 is 34.8 Å². The molecule has 1 unspecified atom stereocenters. The summed E-state index contributed by atoms with van der Waals surface area (Å²) >= 11 is 6.10. The molecule has 2 aliphatic heterocycles. The Morgan fingerprint density at radius 3 is 2.38 bits per heavy atom. The monoisotopic (exact) mass is 413 g/mol. The summed E-state index contributed by atoms with van der Waals surface area (Å²) in [5.41, 5.74) is 1.69. The van der Waals surface area contributed by atoms with E-state index in [-0.39, 0.29) is 18.2 Å². The van der Waals surface area contributed by atoms with Crippen LogP contribution < -0.4 is 14.5 Å². The Morgan fingerprint density at radius 1 is 1.00 bits per heavy atom. The van der Waals surface area contributed by atoms with E-state index in [2.05, 4.69) is 9.80 Å². The summed E-state index contributed by atoms with van der Waals surface area (Å²) < 4.78 is 5.44. The standard InChI is InChI=1S/C22H24ClN3O3/c1-2-29-19-8-6-17(7-9-19)26-21(27)15-20(22(26)28)25-12-10-24(11-13-25)18-5-3-4-16(23)14-18/h3-9,14,20H,2,10-13,15H2,1H3. The number of amides is 2. The number of rotatable bonds is 5. The average molecular weight is 414 g/mol. The van der Waals surface area contributed by atoms with Gasteiger partial charge >= 0.3 is 0 Å². The summed E-state index contributed by atoms with van der Waals surface area (Å²) in [6.45, 7) is 5.53. The Kier molecular flexibility index (Phi) is 5.74. The first-order valence-corrected chi connectivity index (χ1v) is 10.3. The van der Waals surface area contributed by atoms with E-state index < -0.39 is 6.04 Å². The maximum atomic E-state index is 13.0. The van der Waals surface area contributed by atoms with Crippen LogP contribution in [-0.2, 0) is 9.59 Å². The molecule has 6 nitrogen and oxygen atoms in total. The topological polar surface area (TPSA) is 53.1 Å². The first-order valence-electron chi connectivity index (χ1n) is 9.91. The van der Waals surface area contributed by atoms with Crippen molar-refractivity contribution in [2.45, 2.75) is 19.4 Å². The molecule has 2 saturated heterocycles. The predicted octanol–water partition coefficient (Wildman–Crippen LogP) is 3.19. The van der Waals surface area contributed by atoms with Crippen LogP contribution in [-0.4, -0.2) is 55.5 Å². The lowest BCUT2D eigenvalue weighted by Gasteiger charge is -2.38. The van der Waals surface area contributed by atoms with Gasteiger partial charge in [-0.05, 0) is 49.4 Å². The molecule has 0 radical (unpaired) electrons. The van der Waals surface area contributed by atoms with Crippen LogP contribution in [0.5, 0.6) is 5.75 Å². The van der Waals surface area contributed by atoms with Gasteiger partial charge in [-0.2, -0.15) is 0 Å². The van der Waals surface area contributed by atoms with Crippen molar-refractivity contribution < 1.29 is 14.3 Å². The van der Waals surface area contributed by atoms with Crippen LogP contribution in [0.25, 0.3) is 0 Å². The Balaban J connectivity index is 1.41. The minimum absolute atomic E-state index is 0.143. The highest BCUT2D eigenvalue weighted by molar-refractivity contribution is 6.30. The Labute approximate surface area is 175 Å². The highest BCUT2D eigenvalue weighted by Crippen LogP contribution is 2.29. The molecular formula is C22H24ClN3O3. The molecule has 0 saturated carbocycles. The van der Waals surface area contributed by atoms with Gasteiger partial charge in [0.25, 0.3) is 5.91 Å². The largest absolute Gasteiger partial charge is 0.494 e. The molecule has 0 N–H and O–H groups in total. The Bertz CT molecular complexity index is 894. The molecule has 0 spiro atoms. The van der Waals surface area contributed by atoms with Gasteiger partial charge in [0.2, 0.25) is 5.91 Å². The molecule has 0 aromatic heterocycles. The normalized spacial score (nSPS) is 20.4. The number of piperazine rings is 1. The number of hydrogen-bond acceptors (Lipinski definition) is 5. The predicted molar refractivity (Wildman–Crippen MR) is 114 cm³/mol. The van der Waals surface area contributed by atoms with E-state index in [1.807, 2.05) is 31.2 Å². The molecule has 2 amide bonds. The van der Waals surface area contributed by atoms with E-state index in [1.54, 1.807) is 24.3 Å². The zero-order chi connectivity index (χ0) is 20.4. The second-order valence-electron chi connectivity index (χ2n) is 7.22. The summed E-state index contributed by atoms with van der Waals surface area (Å²) in [4.78, 5) is 31.3. The van der Waals surface area contributed by atoms with Gasteiger partial charge in [0.15, 0.2) is 0 Å². The van der Waals surface area contributed by atoms with Gasteiger partial charge in [-0.15, -0.1) is 0 Å². The second-order valence-corrected chi connectivity index (χ2v) is 7.65. The zero-order valence-corrected chi connectivity index (χ0v) is 17.1. The van der Waals surface area contributed by atoms with Gasteiger partial charge in [0.05, 0.1) is 24.8 Å². The molecule has 152 valence electrons. The lowest BCUT2D eigenvalue weighted by molar-refractivity contribution is -0.123. The quantitative estimate of drug-likeness (QED) is 0.704. The maximum Gasteiger partial charge on any atom is 0.251 e. The van der Waals surface area contributed by atoms with Crippen LogP contribution in [0.3, 0.4) is 0 Å². The van der Waals surface area contributed by atoms with E-state index in [0.717, 1.165) is 37.6 Å². The molecule has 0 bridgehead atoms. The van der Waals surface area contributed by atoms with E-state index in [1.165, 1.54) is 4.90 Å². The maximum absolute atomic E-state index is 13.0. The number of anilines is 2. The van der Waals surface area contributed by atoms with E-state index in [4.69, 9.17) is 16.3 Å². The van der Waals surface area contributed by atoms with Crippen molar-refractivity contribution in [3.63, 3.8) is 0 Å². The van der Waals surface area contributed by atoms with Crippen molar-refractivity contribution in [1.29, 1.82) is 0 Å². The summed E-state index contributed by atoms with van der Waals surface area (Å²) in [6, 6.07) is 14.5. The highest BCUT2D eigenvalue weighted by atomic mass is 35.5. The van der Waals surface area contributed by atoms with Crippen molar-refractivity contribution in [3.8, 4) is 5.75 Å². The number of ether oxygens (including phenoxy) is 1. The second kappa shape index (κ2) is 8.43. The lowest BCUT2D eigenvalue weighted by atomic mass is 10.1. The Hall–Kier alpha value is -2.57. The van der Waals surface area contributed by atoms with Crippen LogP contribution >= 0.6 is 11.6 Å². The minimum atomic E-state index is -0.393. The van der Waals surface area contributed by atoms with Crippen molar-refractivity contribution in [2.24, 2.45) is 0 Å². The number of halogens is 1. The highest BCUT2D eigenvalue weighted by Gasteiger charge is 2.43. The van der Waals surface area contributed by atoms with Crippen LogP contribution in [0.2, 0.25) is 5.02 Å². The molecule has 2 aliphatic rings. The van der Waals surface area contributed by atoms with Crippen LogP contribution in [0.15, 0.2) is 48.5 Å². The SMILES string of the molecule is CCOc1ccc(N2C(=O)CC(N3CCN(c4cccc(Cl)c4)CC3)C2=O)cc1. The van der Waals surface area contributed by atoms with Gasteiger partial charge in [0.1, 0.15) is 5.75 Å². The van der Waals surface area contributed by atoms with Crippen LogP contribution in [0.4, 0.5) is 11.4 Å². The number of nitrogens with zero attached hydrogens (tertiary/aromatic N) is 3. The zero-order valence-electron chi connectivity index (χ0n) is 16.4. The fourth-order valence-electron chi connectivity index (χ4n) is 4.00. The summed E-state index contributed by atoms with van der Waals surface area (Å²) in [6.07, 6.45) is 0.225. The summed E-state index contributed by atoms with van der Waals surface area (Å²) in [7, 11) is 0. The first-order chi connectivity index (χ1) is 14.1. The number of benzene rings is 2. The third-order valence-corrected chi connectivity index (χ3v) is 5.69. The molecule has 2 aromatic carbocycles. The van der Waals surface area contributed by atoms with E-state index in [9.17, 15) is 9.59 Å². The molecule has 2 aromatic rings. The van der Waals surface area contributed by atoms with Gasteiger partial charge in [0, 0.05) is 36.9 Å². The van der Waals surface area contributed by atoms with E-state index in [0.29, 0.717) is 17.3 Å². The lowest BCUT2D eigenvalue weighted by Crippen LogP contribution is -2.52. The number of imide groups is 1. The number of carbonyl (C=O) groups excluding carboxylic acids is 2. The van der Waals surface area contributed by atoms with Gasteiger partial charge in [-0.3, -0.25) is 14.5 Å².